The van der Waals surface area contributed by atoms with Gasteiger partial charge in [-0.05, 0) is 31.0 Å². The molecule has 0 aliphatic carbocycles. The minimum Gasteiger partial charge on any atom is -0.401 e. The monoisotopic (exact) mass is 481 g/mol. The Bertz CT molecular complexity index is 1100. The lowest BCUT2D eigenvalue weighted by atomic mass is 10.1. The van der Waals surface area contributed by atoms with E-state index < -0.39 is 0 Å². The first kappa shape index (κ1) is 21.8. The summed E-state index contributed by atoms with van der Waals surface area (Å²) >= 11 is 4.71. The van der Waals surface area contributed by atoms with Gasteiger partial charge >= 0.3 is 0 Å². The van der Waals surface area contributed by atoms with Gasteiger partial charge in [-0.3, -0.25) is 4.79 Å². The summed E-state index contributed by atoms with van der Waals surface area (Å²) in [5.74, 6) is 0.492. The van der Waals surface area contributed by atoms with Gasteiger partial charge in [-0.1, -0.05) is 70.2 Å². The van der Waals surface area contributed by atoms with Crippen molar-refractivity contribution in [3.05, 3.63) is 75.9 Å². The van der Waals surface area contributed by atoms with Crippen molar-refractivity contribution in [2.24, 2.45) is 5.73 Å². The highest BCUT2D eigenvalue weighted by Gasteiger charge is 2.18. The Kier molecular flexibility index (Phi) is 7.44. The largest absolute Gasteiger partial charge is 0.401 e. The van der Waals surface area contributed by atoms with Gasteiger partial charge in [-0.15, -0.1) is 10.2 Å². The molecule has 152 valence electrons. The number of nitriles is 1. The van der Waals surface area contributed by atoms with Gasteiger partial charge in [-0.2, -0.15) is 5.26 Å². The Morgan fingerprint density at radius 1 is 1.17 bits per heavy atom. The lowest BCUT2D eigenvalue weighted by molar-refractivity contribution is -0.112. The summed E-state index contributed by atoms with van der Waals surface area (Å²) in [5.41, 5.74) is 8.00. The van der Waals surface area contributed by atoms with Crippen LogP contribution in [0.2, 0.25) is 0 Å². The number of rotatable bonds is 8. The van der Waals surface area contributed by atoms with Crippen LogP contribution in [0, 0.1) is 11.3 Å². The molecule has 3 aromatic rings. The second-order valence-corrected chi connectivity index (χ2v) is 8.44. The van der Waals surface area contributed by atoms with E-state index in [-0.39, 0.29) is 22.8 Å². The summed E-state index contributed by atoms with van der Waals surface area (Å²) in [6.45, 7) is 2.21. The number of allylic oxidation sites excluding steroid dienone is 2. The van der Waals surface area contributed by atoms with Crippen LogP contribution in [0.3, 0.4) is 0 Å². The summed E-state index contributed by atoms with van der Waals surface area (Å²) in [4.78, 5) is 12.4. The number of Topliss-reactive ketones (excluding diaryl/α,β-unsaturated/α-hetero) is 1. The molecule has 0 spiro atoms. The summed E-state index contributed by atoms with van der Waals surface area (Å²) in [7, 11) is 0. The van der Waals surface area contributed by atoms with E-state index in [4.69, 9.17) is 11.0 Å². The zero-order valence-electron chi connectivity index (χ0n) is 16.4. The van der Waals surface area contributed by atoms with Gasteiger partial charge in [0, 0.05) is 22.3 Å². The Balaban J connectivity index is 1.86. The summed E-state index contributed by atoms with van der Waals surface area (Å²) in [6.07, 6.45) is 0.801. The fourth-order valence-electron chi connectivity index (χ4n) is 2.87. The smallest absolute Gasteiger partial charge is 0.191 e. The summed E-state index contributed by atoms with van der Waals surface area (Å²) in [6, 6.07) is 19.9. The zero-order valence-corrected chi connectivity index (χ0v) is 18.8. The Labute approximate surface area is 187 Å². The molecule has 0 atom stereocenters. The molecule has 0 unspecified atom stereocenters. The SMILES string of the molecule is C/C(N)=C(/C#N)C(=O)CSc1nnc(-c2ccc(Br)cc2)n1CCc1ccccc1. The number of aromatic nitrogens is 3. The third kappa shape index (κ3) is 5.38. The normalized spacial score (nSPS) is 11.6. The van der Waals surface area contributed by atoms with Crippen LogP contribution >= 0.6 is 27.7 Å². The molecule has 1 aromatic heterocycles. The Morgan fingerprint density at radius 2 is 1.87 bits per heavy atom. The molecule has 0 aliphatic heterocycles. The number of benzene rings is 2. The van der Waals surface area contributed by atoms with E-state index in [9.17, 15) is 4.79 Å². The number of hydrogen-bond acceptors (Lipinski definition) is 6. The highest BCUT2D eigenvalue weighted by molar-refractivity contribution is 9.10. The second-order valence-electron chi connectivity index (χ2n) is 6.58. The molecule has 1 heterocycles. The number of hydrogen-bond donors (Lipinski definition) is 1. The molecule has 2 aromatic carbocycles. The maximum atomic E-state index is 12.4. The van der Waals surface area contributed by atoms with E-state index in [1.807, 2.05) is 53.1 Å². The van der Waals surface area contributed by atoms with Crippen molar-refractivity contribution in [1.82, 2.24) is 14.8 Å². The van der Waals surface area contributed by atoms with Gasteiger partial charge < -0.3 is 10.3 Å². The van der Waals surface area contributed by atoms with Crippen LogP contribution < -0.4 is 5.73 Å². The van der Waals surface area contributed by atoms with Crippen LogP contribution in [-0.2, 0) is 17.8 Å². The number of thioether (sulfide) groups is 1. The second kappa shape index (κ2) is 10.2. The fourth-order valence-corrected chi connectivity index (χ4v) is 3.97. The molecule has 30 heavy (non-hydrogen) atoms. The van der Waals surface area contributed by atoms with Gasteiger partial charge in [0.05, 0.1) is 5.75 Å². The van der Waals surface area contributed by atoms with Crippen molar-refractivity contribution < 1.29 is 4.79 Å². The first-order valence-electron chi connectivity index (χ1n) is 9.25. The first-order valence-corrected chi connectivity index (χ1v) is 11.0. The average molecular weight is 482 g/mol. The van der Waals surface area contributed by atoms with Crippen molar-refractivity contribution in [2.45, 2.75) is 25.0 Å². The minimum atomic E-state index is -0.315. The van der Waals surface area contributed by atoms with E-state index in [1.165, 1.54) is 17.3 Å². The van der Waals surface area contributed by atoms with Crippen molar-refractivity contribution in [1.29, 1.82) is 5.26 Å². The van der Waals surface area contributed by atoms with Gasteiger partial charge in [0.2, 0.25) is 0 Å². The first-order chi connectivity index (χ1) is 14.5. The Hall–Kier alpha value is -2.89. The fraction of sp³-hybridized carbons (Fsp3) is 0.182. The minimum absolute atomic E-state index is 0.00835. The molecule has 0 radical (unpaired) electrons. The third-order valence-electron chi connectivity index (χ3n) is 4.40. The Morgan fingerprint density at radius 3 is 2.50 bits per heavy atom. The number of aryl methyl sites for hydroxylation is 1. The molecular weight excluding hydrogens is 462 g/mol. The topological polar surface area (TPSA) is 97.6 Å². The number of carbonyl (C=O) groups excluding carboxylic acids is 1. The van der Waals surface area contributed by atoms with Gasteiger partial charge in [0.25, 0.3) is 0 Å². The van der Waals surface area contributed by atoms with Gasteiger partial charge in [0.15, 0.2) is 16.8 Å². The number of nitrogens with two attached hydrogens (primary N) is 1. The van der Waals surface area contributed by atoms with Crippen molar-refractivity contribution in [3.8, 4) is 17.5 Å². The maximum Gasteiger partial charge on any atom is 0.191 e. The predicted molar refractivity (Wildman–Crippen MR) is 122 cm³/mol. The molecule has 0 amide bonds. The number of carbonyl (C=O) groups is 1. The molecule has 0 saturated heterocycles. The van der Waals surface area contributed by atoms with Crippen molar-refractivity contribution >= 4 is 33.5 Å². The van der Waals surface area contributed by atoms with E-state index in [2.05, 4.69) is 38.3 Å². The number of halogens is 1. The van der Waals surface area contributed by atoms with Crippen LogP contribution in [0.15, 0.2) is 75.5 Å². The standard InChI is InChI=1S/C22H20BrN5OS/c1-15(25)19(13-24)20(29)14-30-22-27-26-21(17-7-9-18(23)10-8-17)28(22)12-11-16-5-3-2-4-6-16/h2-10H,11-12,14,25H2,1H3/b19-15+. The average Bonchev–Trinajstić information content (AvgIpc) is 3.15. The zero-order chi connectivity index (χ0) is 21.5. The lowest BCUT2D eigenvalue weighted by Gasteiger charge is -2.10. The van der Waals surface area contributed by atoms with Gasteiger partial charge in [0.1, 0.15) is 11.6 Å². The number of nitrogens with zero attached hydrogens (tertiary/aromatic N) is 4. The number of ketones is 1. The molecule has 0 bridgehead atoms. The third-order valence-corrected chi connectivity index (χ3v) is 5.90. The molecule has 6 nitrogen and oxygen atoms in total. The van der Waals surface area contributed by atoms with Crippen LogP contribution in [0.1, 0.15) is 12.5 Å². The van der Waals surface area contributed by atoms with E-state index in [0.29, 0.717) is 11.7 Å². The quantitative estimate of drug-likeness (QED) is 0.291. The highest BCUT2D eigenvalue weighted by Crippen LogP contribution is 2.26. The van der Waals surface area contributed by atoms with Crippen LogP contribution in [0.5, 0.6) is 0 Å². The molecule has 0 saturated carbocycles. The lowest BCUT2D eigenvalue weighted by Crippen LogP contribution is -2.11. The van der Waals surface area contributed by atoms with Crippen LogP contribution in [0.25, 0.3) is 11.4 Å². The predicted octanol–water partition coefficient (Wildman–Crippen LogP) is 4.37. The summed E-state index contributed by atoms with van der Waals surface area (Å²) < 4.78 is 2.99. The molecule has 2 N–H and O–H groups in total. The van der Waals surface area contributed by atoms with Gasteiger partial charge in [-0.25, -0.2) is 0 Å². The molecule has 0 aliphatic rings. The molecular formula is C22H20BrN5OS. The molecule has 8 heteroatoms. The highest BCUT2D eigenvalue weighted by atomic mass is 79.9. The molecule has 3 rings (SSSR count). The van der Waals surface area contributed by atoms with E-state index in [0.717, 1.165) is 22.3 Å². The van der Waals surface area contributed by atoms with E-state index >= 15 is 0 Å². The maximum absolute atomic E-state index is 12.4. The van der Waals surface area contributed by atoms with Crippen molar-refractivity contribution in [3.63, 3.8) is 0 Å². The van der Waals surface area contributed by atoms with E-state index in [1.54, 1.807) is 6.92 Å². The van der Waals surface area contributed by atoms with Crippen LogP contribution in [-0.4, -0.2) is 26.3 Å². The van der Waals surface area contributed by atoms with Crippen LogP contribution in [0.4, 0.5) is 0 Å². The molecule has 0 fully saturated rings. The van der Waals surface area contributed by atoms with Crippen molar-refractivity contribution in [2.75, 3.05) is 5.75 Å². The summed E-state index contributed by atoms with van der Waals surface area (Å²) in [5, 5.41) is 18.5.